The largest absolute Gasteiger partial charge is 0.375 e. The summed E-state index contributed by atoms with van der Waals surface area (Å²) >= 11 is 0. The van der Waals surface area contributed by atoms with Crippen molar-refractivity contribution in [1.82, 2.24) is 10.2 Å². The maximum absolute atomic E-state index is 5.82. The second kappa shape index (κ2) is 5.03. The van der Waals surface area contributed by atoms with Crippen molar-refractivity contribution < 1.29 is 4.74 Å². The highest BCUT2D eigenvalue weighted by atomic mass is 16.5. The number of hydrogen-bond acceptors (Lipinski definition) is 3. The lowest BCUT2D eigenvalue weighted by Crippen LogP contribution is -2.58. The summed E-state index contributed by atoms with van der Waals surface area (Å²) in [6, 6.07) is 1.97. The smallest absolute Gasteiger partial charge is 0.0565 e. The molecule has 2 fully saturated rings. The van der Waals surface area contributed by atoms with E-state index in [4.69, 9.17) is 4.74 Å². The van der Waals surface area contributed by atoms with Gasteiger partial charge in [-0.3, -0.25) is 4.90 Å². The van der Waals surface area contributed by atoms with Gasteiger partial charge in [-0.05, 0) is 40.5 Å². The molecular weight excluding hydrogens is 200 g/mol. The molecule has 2 aliphatic rings. The van der Waals surface area contributed by atoms with Gasteiger partial charge >= 0.3 is 0 Å². The average Bonchev–Trinajstić information content (AvgIpc) is 2.14. The van der Waals surface area contributed by atoms with Crippen LogP contribution >= 0.6 is 0 Å². The third-order valence-corrected chi connectivity index (χ3v) is 3.77. The third kappa shape index (κ3) is 2.96. The van der Waals surface area contributed by atoms with Gasteiger partial charge in [0, 0.05) is 31.2 Å². The Kier molecular flexibility index (Phi) is 3.88. The summed E-state index contributed by atoms with van der Waals surface area (Å²) < 4.78 is 5.82. The SMILES string of the molecule is CC1CN(C2CC(C)OC(C)C2)CC(C)N1. The zero-order valence-electron chi connectivity index (χ0n) is 11.1. The summed E-state index contributed by atoms with van der Waals surface area (Å²) in [6.45, 7) is 11.4. The van der Waals surface area contributed by atoms with Crippen LogP contribution in [0.3, 0.4) is 0 Å². The van der Waals surface area contributed by atoms with Crippen LogP contribution in [-0.4, -0.2) is 48.3 Å². The number of nitrogens with zero attached hydrogens (tertiary/aromatic N) is 1. The van der Waals surface area contributed by atoms with E-state index in [0.29, 0.717) is 24.3 Å². The Balaban J connectivity index is 1.95. The van der Waals surface area contributed by atoms with Gasteiger partial charge in [-0.15, -0.1) is 0 Å². The van der Waals surface area contributed by atoms with E-state index in [1.165, 1.54) is 25.9 Å². The molecule has 2 aliphatic heterocycles. The van der Waals surface area contributed by atoms with Gasteiger partial charge in [-0.25, -0.2) is 0 Å². The molecule has 0 aromatic heterocycles. The van der Waals surface area contributed by atoms with Gasteiger partial charge in [0.15, 0.2) is 0 Å². The molecular formula is C13H26N2O. The van der Waals surface area contributed by atoms with E-state index in [0.717, 1.165) is 6.04 Å². The highest BCUT2D eigenvalue weighted by molar-refractivity contribution is 4.88. The highest BCUT2D eigenvalue weighted by Crippen LogP contribution is 2.24. The molecule has 2 heterocycles. The minimum Gasteiger partial charge on any atom is -0.375 e. The van der Waals surface area contributed by atoms with E-state index < -0.39 is 0 Å². The predicted molar refractivity (Wildman–Crippen MR) is 66.7 cm³/mol. The molecule has 3 nitrogen and oxygen atoms in total. The molecule has 0 saturated carbocycles. The van der Waals surface area contributed by atoms with Gasteiger partial charge in [-0.2, -0.15) is 0 Å². The molecule has 0 aromatic rings. The molecule has 1 N–H and O–H groups in total. The summed E-state index contributed by atoms with van der Waals surface area (Å²) in [5.74, 6) is 0. The van der Waals surface area contributed by atoms with Crippen LogP contribution in [0.1, 0.15) is 40.5 Å². The summed E-state index contributed by atoms with van der Waals surface area (Å²) in [5.41, 5.74) is 0. The molecule has 0 bridgehead atoms. The molecule has 4 unspecified atom stereocenters. The topological polar surface area (TPSA) is 24.5 Å². The first-order valence-electron chi connectivity index (χ1n) is 6.70. The summed E-state index contributed by atoms with van der Waals surface area (Å²) in [4.78, 5) is 2.67. The van der Waals surface area contributed by atoms with Crippen molar-refractivity contribution in [3.63, 3.8) is 0 Å². The molecule has 0 aliphatic carbocycles. The lowest BCUT2D eigenvalue weighted by Gasteiger charge is -2.44. The highest BCUT2D eigenvalue weighted by Gasteiger charge is 2.32. The minimum atomic E-state index is 0.425. The van der Waals surface area contributed by atoms with Crippen molar-refractivity contribution in [2.24, 2.45) is 0 Å². The molecule has 16 heavy (non-hydrogen) atoms. The van der Waals surface area contributed by atoms with Crippen molar-refractivity contribution in [2.75, 3.05) is 13.1 Å². The first kappa shape index (κ1) is 12.3. The number of ether oxygens (including phenoxy) is 1. The number of piperazine rings is 1. The third-order valence-electron chi connectivity index (χ3n) is 3.77. The fourth-order valence-corrected chi connectivity index (χ4v) is 3.34. The normalized spacial score (nSPS) is 46.9. The van der Waals surface area contributed by atoms with Crippen LogP contribution in [0.5, 0.6) is 0 Å². The van der Waals surface area contributed by atoms with Crippen molar-refractivity contribution >= 4 is 0 Å². The van der Waals surface area contributed by atoms with Crippen molar-refractivity contribution in [3.8, 4) is 0 Å². The number of rotatable bonds is 1. The van der Waals surface area contributed by atoms with Crippen LogP contribution in [0, 0.1) is 0 Å². The molecule has 0 aromatic carbocycles. The Hall–Kier alpha value is -0.120. The van der Waals surface area contributed by atoms with Crippen LogP contribution in [0.2, 0.25) is 0 Å². The number of hydrogen-bond donors (Lipinski definition) is 1. The Morgan fingerprint density at radius 2 is 1.44 bits per heavy atom. The van der Waals surface area contributed by atoms with E-state index in [2.05, 4.69) is 37.9 Å². The Morgan fingerprint density at radius 1 is 0.938 bits per heavy atom. The lowest BCUT2D eigenvalue weighted by atomic mass is 9.96. The molecule has 2 saturated heterocycles. The predicted octanol–water partition coefficient (Wildman–Crippen LogP) is 1.62. The Morgan fingerprint density at radius 3 is 1.94 bits per heavy atom. The van der Waals surface area contributed by atoms with Crippen LogP contribution < -0.4 is 5.32 Å². The van der Waals surface area contributed by atoms with Gasteiger partial charge in [0.1, 0.15) is 0 Å². The van der Waals surface area contributed by atoms with Gasteiger partial charge in [0.2, 0.25) is 0 Å². The summed E-state index contributed by atoms with van der Waals surface area (Å²) in [5, 5.41) is 3.60. The Bertz CT molecular complexity index is 190. The molecule has 0 radical (unpaired) electrons. The van der Waals surface area contributed by atoms with E-state index in [9.17, 15) is 0 Å². The monoisotopic (exact) mass is 226 g/mol. The van der Waals surface area contributed by atoms with Crippen LogP contribution in [0.4, 0.5) is 0 Å². The fraction of sp³-hybridized carbons (Fsp3) is 1.00. The van der Waals surface area contributed by atoms with Gasteiger partial charge in [0.05, 0.1) is 12.2 Å². The molecule has 0 spiro atoms. The van der Waals surface area contributed by atoms with E-state index in [-0.39, 0.29) is 0 Å². The molecule has 2 rings (SSSR count). The molecule has 94 valence electrons. The Labute approximate surface area is 99.5 Å². The minimum absolute atomic E-state index is 0.425. The second-order valence-corrected chi connectivity index (χ2v) is 5.81. The first-order valence-corrected chi connectivity index (χ1v) is 6.70. The quantitative estimate of drug-likeness (QED) is 0.735. The van der Waals surface area contributed by atoms with Gasteiger partial charge < -0.3 is 10.1 Å². The average molecular weight is 226 g/mol. The van der Waals surface area contributed by atoms with Crippen LogP contribution in [-0.2, 0) is 4.74 Å². The van der Waals surface area contributed by atoms with E-state index in [1.807, 2.05) is 0 Å². The zero-order valence-corrected chi connectivity index (χ0v) is 11.1. The van der Waals surface area contributed by atoms with E-state index >= 15 is 0 Å². The molecule has 3 heteroatoms. The van der Waals surface area contributed by atoms with Crippen molar-refractivity contribution in [1.29, 1.82) is 0 Å². The van der Waals surface area contributed by atoms with E-state index in [1.54, 1.807) is 0 Å². The van der Waals surface area contributed by atoms with Gasteiger partial charge in [0.25, 0.3) is 0 Å². The first-order chi connectivity index (χ1) is 7.54. The van der Waals surface area contributed by atoms with Crippen molar-refractivity contribution in [3.05, 3.63) is 0 Å². The standard InChI is InChI=1S/C13H26N2O/c1-9-7-15(8-10(2)14-9)13-5-11(3)16-12(4)6-13/h9-14H,5-8H2,1-4H3. The maximum atomic E-state index is 5.82. The lowest BCUT2D eigenvalue weighted by molar-refractivity contribution is -0.0706. The molecule has 4 atom stereocenters. The summed E-state index contributed by atoms with van der Waals surface area (Å²) in [7, 11) is 0. The summed E-state index contributed by atoms with van der Waals surface area (Å²) in [6.07, 6.45) is 3.25. The van der Waals surface area contributed by atoms with Crippen LogP contribution in [0.15, 0.2) is 0 Å². The zero-order chi connectivity index (χ0) is 11.7. The number of nitrogens with one attached hydrogen (secondary N) is 1. The molecule has 0 amide bonds. The fourth-order valence-electron chi connectivity index (χ4n) is 3.34. The maximum Gasteiger partial charge on any atom is 0.0565 e. The van der Waals surface area contributed by atoms with Crippen molar-refractivity contribution in [2.45, 2.75) is 70.9 Å². The van der Waals surface area contributed by atoms with Gasteiger partial charge in [-0.1, -0.05) is 0 Å². The van der Waals surface area contributed by atoms with Crippen LogP contribution in [0.25, 0.3) is 0 Å². The second-order valence-electron chi connectivity index (χ2n) is 5.81.